The summed E-state index contributed by atoms with van der Waals surface area (Å²) >= 11 is 0. The monoisotopic (exact) mass is 388 g/mol. The summed E-state index contributed by atoms with van der Waals surface area (Å²) < 4.78 is 43.8. The fraction of sp³-hybridized carbons (Fsp3) is 0.100. The average molecular weight is 388 g/mol. The maximum atomic E-state index is 12.8. The Bertz CT molecular complexity index is 1030. The Balaban J connectivity index is 1.69. The van der Waals surface area contributed by atoms with E-state index in [1.807, 2.05) is 0 Å². The second kappa shape index (κ2) is 7.59. The third-order valence-corrected chi connectivity index (χ3v) is 3.98. The normalized spacial score (nSPS) is 11.1. The van der Waals surface area contributed by atoms with Gasteiger partial charge < -0.3 is 4.42 Å². The van der Waals surface area contributed by atoms with Crippen LogP contribution in [0.1, 0.15) is 32.0 Å². The van der Waals surface area contributed by atoms with E-state index in [9.17, 15) is 22.8 Å². The second-order valence-electron chi connectivity index (χ2n) is 5.97. The Hall–Kier alpha value is -3.55. The number of amides is 2. The van der Waals surface area contributed by atoms with Crippen LogP contribution >= 0.6 is 0 Å². The van der Waals surface area contributed by atoms with Gasteiger partial charge in [0.05, 0.1) is 5.56 Å². The first kappa shape index (κ1) is 19.2. The van der Waals surface area contributed by atoms with Gasteiger partial charge in [0, 0.05) is 11.1 Å². The number of aryl methyl sites for hydroxylation is 1. The van der Waals surface area contributed by atoms with Crippen molar-refractivity contribution in [1.29, 1.82) is 0 Å². The smallest absolute Gasteiger partial charge is 0.416 e. The van der Waals surface area contributed by atoms with Crippen molar-refractivity contribution in [2.75, 3.05) is 0 Å². The van der Waals surface area contributed by atoms with Crippen molar-refractivity contribution in [2.45, 2.75) is 13.1 Å². The Morgan fingerprint density at radius 2 is 1.61 bits per heavy atom. The number of nitrogens with one attached hydrogen (secondary N) is 2. The molecule has 0 atom stereocenters. The average Bonchev–Trinajstić information content (AvgIpc) is 3.16. The maximum Gasteiger partial charge on any atom is 0.416 e. The predicted octanol–water partition coefficient (Wildman–Crippen LogP) is 4.35. The summed E-state index contributed by atoms with van der Waals surface area (Å²) in [6, 6.07) is 14.1. The maximum absolute atomic E-state index is 12.8. The van der Waals surface area contributed by atoms with Crippen molar-refractivity contribution >= 4 is 11.8 Å². The Morgan fingerprint density at radius 3 is 2.32 bits per heavy atom. The van der Waals surface area contributed by atoms with Crippen molar-refractivity contribution in [3.05, 3.63) is 83.1 Å². The number of benzene rings is 2. The fourth-order valence-corrected chi connectivity index (χ4v) is 2.53. The zero-order valence-electron chi connectivity index (χ0n) is 14.6. The molecule has 3 aromatic rings. The van der Waals surface area contributed by atoms with Gasteiger partial charge in [0.2, 0.25) is 0 Å². The lowest BCUT2D eigenvalue weighted by molar-refractivity contribution is -0.137. The minimum Gasteiger partial charge on any atom is -0.451 e. The molecule has 0 bridgehead atoms. The Labute approximate surface area is 158 Å². The van der Waals surface area contributed by atoms with E-state index in [2.05, 4.69) is 10.9 Å². The fourth-order valence-electron chi connectivity index (χ4n) is 2.53. The van der Waals surface area contributed by atoms with Crippen LogP contribution in [-0.2, 0) is 6.18 Å². The standard InChI is InChI=1S/C20H15F3N2O3/c1-12-5-2-3-8-15(12)18(26)24-25-19(27)17-10-9-16(28-17)13-6-4-7-14(11-13)20(21,22)23/h2-11H,1H3,(H,24,26)(H,25,27). The summed E-state index contributed by atoms with van der Waals surface area (Å²) in [6.07, 6.45) is -4.48. The largest absolute Gasteiger partial charge is 0.451 e. The van der Waals surface area contributed by atoms with E-state index >= 15 is 0 Å². The number of halogens is 3. The van der Waals surface area contributed by atoms with Crippen LogP contribution in [0.4, 0.5) is 13.2 Å². The van der Waals surface area contributed by atoms with Crippen LogP contribution in [0.5, 0.6) is 0 Å². The van der Waals surface area contributed by atoms with Gasteiger partial charge in [-0.1, -0.05) is 30.3 Å². The molecule has 0 aliphatic heterocycles. The van der Waals surface area contributed by atoms with Crippen LogP contribution < -0.4 is 10.9 Å². The highest BCUT2D eigenvalue weighted by Gasteiger charge is 2.30. The van der Waals surface area contributed by atoms with Gasteiger partial charge in [-0.15, -0.1) is 0 Å². The SMILES string of the molecule is Cc1ccccc1C(=O)NNC(=O)c1ccc(-c2cccc(C(F)(F)F)c2)o1. The summed E-state index contributed by atoms with van der Waals surface area (Å²) in [6.45, 7) is 1.75. The third-order valence-electron chi connectivity index (χ3n) is 3.98. The van der Waals surface area contributed by atoms with Gasteiger partial charge in [-0.25, -0.2) is 0 Å². The quantitative estimate of drug-likeness (QED) is 0.656. The lowest BCUT2D eigenvalue weighted by Gasteiger charge is -2.08. The van der Waals surface area contributed by atoms with Crippen LogP contribution in [-0.4, -0.2) is 11.8 Å². The van der Waals surface area contributed by atoms with Crippen molar-refractivity contribution in [2.24, 2.45) is 0 Å². The molecular weight excluding hydrogens is 373 g/mol. The molecule has 2 amide bonds. The van der Waals surface area contributed by atoms with Gasteiger partial charge in [-0.2, -0.15) is 13.2 Å². The van der Waals surface area contributed by atoms with E-state index in [4.69, 9.17) is 4.42 Å². The molecule has 0 aliphatic carbocycles. The third kappa shape index (κ3) is 4.22. The number of carbonyl (C=O) groups excluding carboxylic acids is 2. The van der Waals surface area contributed by atoms with E-state index in [0.717, 1.165) is 17.7 Å². The molecule has 3 rings (SSSR count). The molecule has 0 radical (unpaired) electrons. The molecule has 2 aromatic carbocycles. The molecule has 1 heterocycles. The minimum absolute atomic E-state index is 0.0986. The van der Waals surface area contributed by atoms with Gasteiger partial charge in [0.1, 0.15) is 5.76 Å². The first-order valence-corrected chi connectivity index (χ1v) is 8.19. The molecule has 0 saturated heterocycles. The number of hydrogen-bond acceptors (Lipinski definition) is 3. The highest BCUT2D eigenvalue weighted by molar-refractivity contribution is 5.98. The number of alkyl halides is 3. The van der Waals surface area contributed by atoms with E-state index < -0.39 is 23.6 Å². The topological polar surface area (TPSA) is 71.3 Å². The van der Waals surface area contributed by atoms with Crippen LogP contribution in [0, 0.1) is 6.92 Å². The lowest BCUT2D eigenvalue weighted by atomic mass is 10.1. The lowest BCUT2D eigenvalue weighted by Crippen LogP contribution is -2.41. The first-order valence-electron chi connectivity index (χ1n) is 8.19. The highest BCUT2D eigenvalue weighted by atomic mass is 19.4. The van der Waals surface area contributed by atoms with Crippen molar-refractivity contribution in [3.63, 3.8) is 0 Å². The summed E-state index contributed by atoms with van der Waals surface area (Å²) in [5, 5.41) is 0. The number of furan rings is 1. The van der Waals surface area contributed by atoms with Crippen molar-refractivity contribution in [1.82, 2.24) is 10.9 Å². The number of hydrazine groups is 1. The number of hydrogen-bond donors (Lipinski definition) is 2. The molecular formula is C20H15F3N2O3. The van der Waals surface area contributed by atoms with Crippen LogP contribution in [0.25, 0.3) is 11.3 Å². The number of carbonyl (C=O) groups is 2. The Kier molecular flexibility index (Phi) is 5.21. The zero-order valence-corrected chi connectivity index (χ0v) is 14.6. The molecule has 0 unspecified atom stereocenters. The van der Waals surface area contributed by atoms with E-state index in [1.165, 1.54) is 24.3 Å². The molecule has 144 valence electrons. The van der Waals surface area contributed by atoms with Crippen LogP contribution in [0.15, 0.2) is 65.1 Å². The molecule has 0 aliphatic rings. The molecule has 0 spiro atoms. The summed E-state index contributed by atoms with van der Waals surface area (Å²) in [5.74, 6) is -1.30. The van der Waals surface area contributed by atoms with Gasteiger partial charge >= 0.3 is 12.1 Å². The minimum atomic E-state index is -4.48. The molecule has 28 heavy (non-hydrogen) atoms. The molecule has 5 nitrogen and oxygen atoms in total. The molecule has 0 saturated carbocycles. The molecule has 0 fully saturated rings. The van der Waals surface area contributed by atoms with Crippen LogP contribution in [0.2, 0.25) is 0 Å². The second-order valence-corrected chi connectivity index (χ2v) is 5.97. The molecule has 1 aromatic heterocycles. The highest BCUT2D eigenvalue weighted by Crippen LogP contribution is 2.32. The van der Waals surface area contributed by atoms with E-state index in [-0.39, 0.29) is 17.1 Å². The van der Waals surface area contributed by atoms with Gasteiger partial charge in [0.15, 0.2) is 5.76 Å². The predicted molar refractivity (Wildman–Crippen MR) is 95.3 cm³/mol. The molecule has 8 heteroatoms. The summed E-state index contributed by atoms with van der Waals surface area (Å²) in [4.78, 5) is 24.2. The van der Waals surface area contributed by atoms with E-state index in [0.29, 0.717) is 5.56 Å². The van der Waals surface area contributed by atoms with Crippen molar-refractivity contribution < 1.29 is 27.2 Å². The van der Waals surface area contributed by atoms with E-state index in [1.54, 1.807) is 31.2 Å². The first-order chi connectivity index (χ1) is 13.3. The summed E-state index contributed by atoms with van der Waals surface area (Å²) in [5.41, 5.74) is 4.97. The van der Waals surface area contributed by atoms with Crippen molar-refractivity contribution in [3.8, 4) is 11.3 Å². The molecule has 2 N–H and O–H groups in total. The number of rotatable bonds is 3. The van der Waals surface area contributed by atoms with Gasteiger partial charge in [-0.05, 0) is 42.8 Å². The Morgan fingerprint density at radius 1 is 0.893 bits per heavy atom. The zero-order chi connectivity index (χ0) is 20.3. The van der Waals surface area contributed by atoms with Gasteiger partial charge in [0.25, 0.3) is 5.91 Å². The van der Waals surface area contributed by atoms with Gasteiger partial charge in [-0.3, -0.25) is 20.4 Å². The summed E-state index contributed by atoms with van der Waals surface area (Å²) in [7, 11) is 0. The van der Waals surface area contributed by atoms with Crippen LogP contribution in [0.3, 0.4) is 0 Å².